The fourth-order valence-electron chi connectivity index (χ4n) is 2.07. The highest BCUT2D eigenvalue weighted by atomic mass is 32.1. The maximum absolute atomic E-state index is 12.3. The first-order chi connectivity index (χ1) is 9.65. The molecule has 0 aliphatic carbocycles. The predicted molar refractivity (Wildman–Crippen MR) is 80.7 cm³/mol. The molecule has 1 aromatic carbocycles. The van der Waals surface area contributed by atoms with Gasteiger partial charge in [0.15, 0.2) is 5.69 Å². The molecule has 20 heavy (non-hydrogen) atoms. The van der Waals surface area contributed by atoms with Crippen LogP contribution in [-0.2, 0) is 0 Å². The molecule has 1 unspecified atom stereocenters. The fraction of sp³-hybridized carbons (Fsp3) is 0.143. The van der Waals surface area contributed by atoms with Gasteiger partial charge < -0.3 is 11.1 Å². The molecule has 0 bridgehead atoms. The Labute approximate surface area is 119 Å². The number of thiophene rings is 1. The Morgan fingerprint density at radius 3 is 3.05 bits per heavy atom. The number of aromatic amines is 1. The second-order valence-electron chi connectivity index (χ2n) is 4.63. The first-order valence-corrected chi connectivity index (χ1v) is 7.16. The second-order valence-corrected chi connectivity index (χ2v) is 5.41. The molecule has 0 aliphatic rings. The number of fused-ring (bicyclic) bond motifs is 1. The van der Waals surface area contributed by atoms with Crippen molar-refractivity contribution in [1.82, 2.24) is 15.5 Å². The third kappa shape index (κ3) is 2.25. The molecular formula is C14H14N4OS. The van der Waals surface area contributed by atoms with E-state index in [4.69, 9.17) is 5.73 Å². The molecule has 3 aromatic rings. The zero-order chi connectivity index (χ0) is 14.1. The summed E-state index contributed by atoms with van der Waals surface area (Å²) >= 11 is 1.61. The Kier molecular flexibility index (Phi) is 3.15. The van der Waals surface area contributed by atoms with Crippen LogP contribution in [0.5, 0.6) is 0 Å². The van der Waals surface area contributed by atoms with Crippen LogP contribution >= 0.6 is 11.3 Å². The monoisotopic (exact) mass is 286 g/mol. The first-order valence-electron chi connectivity index (χ1n) is 6.21. The van der Waals surface area contributed by atoms with Gasteiger partial charge in [0.1, 0.15) is 0 Å². The van der Waals surface area contributed by atoms with Crippen molar-refractivity contribution >= 4 is 33.8 Å². The van der Waals surface area contributed by atoms with Gasteiger partial charge >= 0.3 is 0 Å². The van der Waals surface area contributed by atoms with Gasteiger partial charge in [-0.3, -0.25) is 9.89 Å². The lowest BCUT2D eigenvalue weighted by molar-refractivity contribution is 0.0936. The lowest BCUT2D eigenvalue weighted by Gasteiger charge is -2.11. The van der Waals surface area contributed by atoms with Gasteiger partial charge in [-0.25, -0.2) is 0 Å². The van der Waals surface area contributed by atoms with E-state index >= 15 is 0 Å². The molecule has 2 aromatic heterocycles. The molecule has 102 valence electrons. The molecule has 1 atom stereocenters. The number of carbonyl (C=O) groups excluding carboxylic acids is 1. The van der Waals surface area contributed by atoms with Crippen LogP contribution in [0.3, 0.4) is 0 Å². The van der Waals surface area contributed by atoms with E-state index in [2.05, 4.69) is 15.5 Å². The zero-order valence-electron chi connectivity index (χ0n) is 10.9. The molecule has 0 aliphatic heterocycles. The average Bonchev–Trinajstić information content (AvgIpc) is 3.07. The van der Waals surface area contributed by atoms with Gasteiger partial charge in [0.2, 0.25) is 0 Å². The number of benzene rings is 1. The van der Waals surface area contributed by atoms with E-state index in [1.54, 1.807) is 23.5 Å². The minimum Gasteiger partial charge on any atom is -0.399 e. The van der Waals surface area contributed by atoms with Crippen molar-refractivity contribution in [3.8, 4) is 0 Å². The van der Waals surface area contributed by atoms with Crippen molar-refractivity contribution in [2.75, 3.05) is 5.73 Å². The fourth-order valence-corrected chi connectivity index (χ4v) is 2.83. The van der Waals surface area contributed by atoms with Gasteiger partial charge in [-0.1, -0.05) is 0 Å². The van der Waals surface area contributed by atoms with E-state index in [9.17, 15) is 4.79 Å². The number of nitrogens with zero attached hydrogens (tertiary/aromatic N) is 1. The molecule has 5 nitrogen and oxygen atoms in total. The molecule has 0 fully saturated rings. The number of rotatable bonds is 3. The minimum atomic E-state index is -0.208. The number of nitrogens with one attached hydrogen (secondary N) is 2. The van der Waals surface area contributed by atoms with Gasteiger partial charge in [-0.15, -0.1) is 0 Å². The Balaban J connectivity index is 1.87. The maximum Gasteiger partial charge on any atom is 0.272 e. The van der Waals surface area contributed by atoms with Gasteiger partial charge in [0.05, 0.1) is 11.6 Å². The lowest BCUT2D eigenvalue weighted by atomic mass is 10.1. The van der Waals surface area contributed by atoms with Crippen LogP contribution in [0, 0.1) is 0 Å². The zero-order valence-corrected chi connectivity index (χ0v) is 11.7. The van der Waals surface area contributed by atoms with Gasteiger partial charge in [0, 0.05) is 11.1 Å². The molecule has 0 radical (unpaired) electrons. The molecule has 0 saturated heterocycles. The smallest absolute Gasteiger partial charge is 0.272 e. The third-order valence-corrected chi connectivity index (χ3v) is 3.89. The molecule has 3 rings (SSSR count). The molecule has 2 heterocycles. The highest BCUT2D eigenvalue weighted by molar-refractivity contribution is 7.07. The average molecular weight is 286 g/mol. The van der Waals surface area contributed by atoms with Gasteiger partial charge in [-0.2, -0.15) is 16.4 Å². The molecule has 4 N–H and O–H groups in total. The van der Waals surface area contributed by atoms with Crippen molar-refractivity contribution in [2.24, 2.45) is 0 Å². The SMILES string of the molecule is CC(NC(=O)c1n[nH]c2ccc(N)cc12)c1ccsc1. The normalized spacial score (nSPS) is 12.4. The Morgan fingerprint density at radius 1 is 1.45 bits per heavy atom. The third-order valence-electron chi connectivity index (χ3n) is 3.19. The largest absolute Gasteiger partial charge is 0.399 e. The Hall–Kier alpha value is -2.34. The predicted octanol–water partition coefficient (Wildman–Crippen LogP) is 2.70. The standard InChI is InChI=1S/C14H14N4OS/c1-8(9-4-5-20-7-9)16-14(19)13-11-6-10(15)2-3-12(11)17-18-13/h2-8H,15H2,1H3,(H,16,19)(H,17,18). The summed E-state index contributed by atoms with van der Waals surface area (Å²) in [5.74, 6) is -0.208. The van der Waals surface area contributed by atoms with E-state index in [-0.39, 0.29) is 11.9 Å². The highest BCUT2D eigenvalue weighted by Crippen LogP contribution is 2.20. The summed E-state index contributed by atoms with van der Waals surface area (Å²) < 4.78 is 0. The van der Waals surface area contributed by atoms with E-state index in [0.717, 1.165) is 16.5 Å². The summed E-state index contributed by atoms with van der Waals surface area (Å²) in [4.78, 5) is 12.3. The van der Waals surface area contributed by atoms with E-state index in [1.807, 2.05) is 29.8 Å². The van der Waals surface area contributed by atoms with Crippen LogP contribution in [0.15, 0.2) is 35.0 Å². The highest BCUT2D eigenvalue weighted by Gasteiger charge is 2.17. The number of nitrogens with two attached hydrogens (primary N) is 1. The number of hydrogen-bond donors (Lipinski definition) is 3. The van der Waals surface area contributed by atoms with Gasteiger partial charge in [0.25, 0.3) is 5.91 Å². The van der Waals surface area contributed by atoms with Gasteiger partial charge in [-0.05, 0) is 47.5 Å². The molecule has 1 amide bonds. The van der Waals surface area contributed by atoms with Crippen molar-refractivity contribution < 1.29 is 4.79 Å². The van der Waals surface area contributed by atoms with Crippen LogP contribution < -0.4 is 11.1 Å². The van der Waals surface area contributed by atoms with Crippen LogP contribution in [0.1, 0.15) is 29.0 Å². The van der Waals surface area contributed by atoms with Crippen molar-refractivity contribution in [2.45, 2.75) is 13.0 Å². The topological polar surface area (TPSA) is 83.8 Å². The maximum atomic E-state index is 12.3. The van der Waals surface area contributed by atoms with Crippen molar-refractivity contribution in [3.05, 3.63) is 46.3 Å². The summed E-state index contributed by atoms with van der Waals surface area (Å²) in [6, 6.07) is 7.29. The van der Waals surface area contributed by atoms with Crippen molar-refractivity contribution in [3.63, 3.8) is 0 Å². The van der Waals surface area contributed by atoms with E-state index in [1.165, 1.54) is 0 Å². The van der Waals surface area contributed by atoms with E-state index < -0.39 is 0 Å². The molecule has 6 heteroatoms. The number of carbonyl (C=O) groups is 1. The lowest BCUT2D eigenvalue weighted by Crippen LogP contribution is -2.26. The minimum absolute atomic E-state index is 0.0541. The molecule has 0 saturated carbocycles. The summed E-state index contributed by atoms with van der Waals surface area (Å²) in [7, 11) is 0. The second kappa shape index (κ2) is 4.97. The summed E-state index contributed by atoms with van der Waals surface area (Å²) in [5, 5.41) is 14.6. The number of amides is 1. The Bertz CT molecular complexity index is 748. The van der Waals surface area contributed by atoms with Crippen LogP contribution in [0.4, 0.5) is 5.69 Å². The number of nitrogen functional groups attached to an aromatic ring is 1. The number of hydrogen-bond acceptors (Lipinski definition) is 4. The molecule has 0 spiro atoms. The number of aromatic nitrogens is 2. The van der Waals surface area contributed by atoms with Crippen LogP contribution in [0.25, 0.3) is 10.9 Å². The summed E-state index contributed by atoms with van der Waals surface area (Å²) in [6.45, 7) is 1.95. The van der Waals surface area contributed by atoms with Crippen LogP contribution in [0.2, 0.25) is 0 Å². The number of anilines is 1. The Morgan fingerprint density at radius 2 is 2.30 bits per heavy atom. The summed E-state index contributed by atoms with van der Waals surface area (Å²) in [6.07, 6.45) is 0. The molecular weight excluding hydrogens is 272 g/mol. The summed E-state index contributed by atoms with van der Waals surface area (Å²) in [5.41, 5.74) is 8.62. The quantitative estimate of drug-likeness (QED) is 0.647. The van der Waals surface area contributed by atoms with Crippen LogP contribution in [-0.4, -0.2) is 16.1 Å². The first kappa shape index (κ1) is 12.7. The number of H-pyrrole nitrogens is 1. The van der Waals surface area contributed by atoms with Crippen molar-refractivity contribution in [1.29, 1.82) is 0 Å². The van der Waals surface area contributed by atoms with E-state index in [0.29, 0.717) is 11.4 Å².